The SMILES string of the molecule is CCCCCCCCCCCCCCCCNc1ccc(C(F)C(=O)OCC)cc1. The lowest BCUT2D eigenvalue weighted by Crippen LogP contribution is -2.12. The van der Waals surface area contributed by atoms with Gasteiger partial charge in [-0.05, 0) is 31.0 Å². The number of alkyl halides is 1. The molecule has 0 fully saturated rings. The molecule has 0 saturated carbocycles. The van der Waals surface area contributed by atoms with Crippen LogP contribution in [0.1, 0.15) is 115 Å². The van der Waals surface area contributed by atoms with E-state index in [4.69, 9.17) is 4.74 Å². The van der Waals surface area contributed by atoms with Crippen molar-refractivity contribution in [2.45, 2.75) is 110 Å². The van der Waals surface area contributed by atoms with Crippen LogP contribution in [0.15, 0.2) is 24.3 Å². The van der Waals surface area contributed by atoms with Gasteiger partial charge in [-0.1, -0.05) is 103 Å². The molecule has 0 bridgehead atoms. The molecule has 0 aliphatic rings. The third-order valence-corrected chi connectivity index (χ3v) is 5.56. The number of halogens is 1. The normalized spacial score (nSPS) is 12.0. The molecular formula is C26H44FNO2. The monoisotopic (exact) mass is 421 g/mol. The molecule has 0 saturated heterocycles. The van der Waals surface area contributed by atoms with E-state index in [-0.39, 0.29) is 6.61 Å². The molecule has 0 radical (unpaired) electrons. The molecular weight excluding hydrogens is 377 g/mol. The van der Waals surface area contributed by atoms with Gasteiger partial charge >= 0.3 is 5.97 Å². The van der Waals surface area contributed by atoms with Gasteiger partial charge in [0.1, 0.15) is 0 Å². The molecule has 0 amide bonds. The molecule has 0 aliphatic heterocycles. The number of carbonyl (C=O) groups excluding carboxylic acids is 1. The van der Waals surface area contributed by atoms with E-state index in [1.54, 1.807) is 19.1 Å². The van der Waals surface area contributed by atoms with E-state index >= 15 is 0 Å². The lowest BCUT2D eigenvalue weighted by molar-refractivity contribution is -0.149. The van der Waals surface area contributed by atoms with Crippen molar-refractivity contribution in [3.8, 4) is 0 Å². The maximum atomic E-state index is 14.0. The summed E-state index contributed by atoms with van der Waals surface area (Å²) in [4.78, 5) is 11.4. The quantitative estimate of drug-likeness (QED) is 0.181. The molecule has 3 nitrogen and oxygen atoms in total. The second kappa shape index (κ2) is 18.2. The highest BCUT2D eigenvalue weighted by atomic mass is 19.1. The summed E-state index contributed by atoms with van der Waals surface area (Å²) in [5, 5.41) is 3.37. The molecule has 4 heteroatoms. The van der Waals surface area contributed by atoms with E-state index in [2.05, 4.69) is 12.2 Å². The standard InChI is InChI=1S/C26H44FNO2/c1-3-5-6-7-8-9-10-11-12-13-14-15-16-17-22-28-24-20-18-23(19-21-24)25(27)26(29)30-4-2/h18-21,25,28H,3-17,22H2,1-2H3. The maximum absolute atomic E-state index is 14.0. The largest absolute Gasteiger partial charge is 0.464 e. The Hall–Kier alpha value is -1.58. The molecule has 1 unspecified atom stereocenters. The van der Waals surface area contributed by atoms with Crippen molar-refractivity contribution in [3.63, 3.8) is 0 Å². The fraction of sp³-hybridized carbons (Fsp3) is 0.731. The van der Waals surface area contributed by atoms with Crippen LogP contribution in [0.25, 0.3) is 0 Å². The van der Waals surface area contributed by atoms with E-state index in [1.165, 1.54) is 83.5 Å². The van der Waals surface area contributed by atoms with E-state index in [0.717, 1.165) is 18.7 Å². The van der Waals surface area contributed by atoms with Gasteiger partial charge in [0.15, 0.2) is 0 Å². The molecule has 0 heterocycles. The van der Waals surface area contributed by atoms with Crippen molar-refractivity contribution in [3.05, 3.63) is 29.8 Å². The van der Waals surface area contributed by atoms with Gasteiger partial charge in [0.05, 0.1) is 6.61 Å². The van der Waals surface area contributed by atoms with Crippen molar-refractivity contribution >= 4 is 11.7 Å². The van der Waals surface area contributed by atoms with Gasteiger partial charge in [-0.15, -0.1) is 0 Å². The summed E-state index contributed by atoms with van der Waals surface area (Å²) in [5.74, 6) is -0.819. The fourth-order valence-corrected chi connectivity index (χ4v) is 3.67. The molecule has 1 N–H and O–H groups in total. The minimum atomic E-state index is -1.70. The van der Waals surface area contributed by atoms with Crippen molar-refractivity contribution in [1.82, 2.24) is 0 Å². The van der Waals surface area contributed by atoms with Gasteiger partial charge in [-0.2, -0.15) is 0 Å². The Labute approximate surface area is 184 Å². The lowest BCUT2D eigenvalue weighted by Gasteiger charge is -2.10. The Balaban J connectivity index is 1.95. The summed E-state index contributed by atoms with van der Waals surface area (Å²) < 4.78 is 18.7. The van der Waals surface area contributed by atoms with Crippen LogP contribution >= 0.6 is 0 Å². The van der Waals surface area contributed by atoms with Crippen LogP contribution in [-0.2, 0) is 9.53 Å². The van der Waals surface area contributed by atoms with Crippen molar-refractivity contribution in [2.75, 3.05) is 18.5 Å². The number of benzene rings is 1. The molecule has 1 rings (SSSR count). The van der Waals surface area contributed by atoms with Gasteiger partial charge in [0, 0.05) is 12.2 Å². The molecule has 1 aromatic carbocycles. The van der Waals surface area contributed by atoms with E-state index in [0.29, 0.717) is 5.56 Å². The van der Waals surface area contributed by atoms with Gasteiger partial charge in [-0.25, -0.2) is 9.18 Å². The Morgan fingerprint density at radius 3 is 1.73 bits per heavy atom. The number of carbonyl (C=O) groups is 1. The van der Waals surface area contributed by atoms with Crippen LogP contribution in [0.3, 0.4) is 0 Å². The Bertz CT molecular complexity index is 532. The van der Waals surface area contributed by atoms with E-state index in [9.17, 15) is 9.18 Å². The van der Waals surface area contributed by atoms with Crippen LogP contribution in [0.5, 0.6) is 0 Å². The summed E-state index contributed by atoms with van der Waals surface area (Å²) in [7, 11) is 0. The van der Waals surface area contributed by atoms with Crippen LogP contribution in [-0.4, -0.2) is 19.1 Å². The number of esters is 1. The molecule has 0 spiro atoms. The zero-order valence-corrected chi connectivity index (χ0v) is 19.4. The first-order chi connectivity index (χ1) is 14.7. The minimum Gasteiger partial charge on any atom is -0.464 e. The number of rotatable bonds is 19. The number of unbranched alkanes of at least 4 members (excludes halogenated alkanes) is 13. The predicted molar refractivity (Wildman–Crippen MR) is 126 cm³/mol. The third kappa shape index (κ3) is 12.9. The summed E-state index contributed by atoms with van der Waals surface area (Å²) in [6.07, 6.45) is 17.4. The molecule has 1 aromatic rings. The Morgan fingerprint density at radius 1 is 0.800 bits per heavy atom. The van der Waals surface area contributed by atoms with E-state index < -0.39 is 12.1 Å². The molecule has 1 atom stereocenters. The second-order valence-electron chi connectivity index (χ2n) is 8.26. The van der Waals surface area contributed by atoms with Gasteiger partial charge < -0.3 is 10.1 Å². The third-order valence-electron chi connectivity index (χ3n) is 5.56. The van der Waals surface area contributed by atoms with Crippen molar-refractivity contribution in [1.29, 1.82) is 0 Å². The number of hydrogen-bond acceptors (Lipinski definition) is 3. The Kier molecular flexibility index (Phi) is 16.1. The molecule has 172 valence electrons. The van der Waals surface area contributed by atoms with Crippen molar-refractivity contribution in [2.24, 2.45) is 0 Å². The maximum Gasteiger partial charge on any atom is 0.345 e. The predicted octanol–water partition coefficient (Wildman–Crippen LogP) is 8.15. The highest BCUT2D eigenvalue weighted by molar-refractivity contribution is 5.76. The molecule has 0 aliphatic carbocycles. The number of hydrogen-bond donors (Lipinski definition) is 1. The van der Waals surface area contributed by atoms with Crippen LogP contribution in [0.4, 0.5) is 10.1 Å². The molecule has 0 aromatic heterocycles. The summed E-state index contributed by atoms with van der Waals surface area (Å²) >= 11 is 0. The zero-order valence-electron chi connectivity index (χ0n) is 19.4. The van der Waals surface area contributed by atoms with Crippen LogP contribution < -0.4 is 5.32 Å². The van der Waals surface area contributed by atoms with Crippen LogP contribution in [0, 0.1) is 0 Å². The number of nitrogens with one attached hydrogen (secondary N) is 1. The highest BCUT2D eigenvalue weighted by Crippen LogP contribution is 2.21. The first kappa shape index (κ1) is 26.5. The smallest absolute Gasteiger partial charge is 0.345 e. The Morgan fingerprint density at radius 2 is 1.27 bits per heavy atom. The van der Waals surface area contributed by atoms with Gasteiger partial charge in [0.2, 0.25) is 6.17 Å². The van der Waals surface area contributed by atoms with Gasteiger partial charge in [-0.3, -0.25) is 0 Å². The van der Waals surface area contributed by atoms with E-state index in [1.807, 2.05) is 12.1 Å². The summed E-state index contributed by atoms with van der Waals surface area (Å²) in [6, 6.07) is 6.94. The zero-order chi connectivity index (χ0) is 21.9. The van der Waals surface area contributed by atoms with Crippen molar-refractivity contribution < 1.29 is 13.9 Å². The highest BCUT2D eigenvalue weighted by Gasteiger charge is 2.20. The average Bonchev–Trinajstić information content (AvgIpc) is 2.76. The first-order valence-corrected chi connectivity index (χ1v) is 12.3. The minimum absolute atomic E-state index is 0.193. The number of ether oxygens (including phenoxy) is 1. The molecule has 30 heavy (non-hydrogen) atoms. The van der Waals surface area contributed by atoms with Crippen LogP contribution in [0.2, 0.25) is 0 Å². The number of anilines is 1. The average molecular weight is 422 g/mol. The topological polar surface area (TPSA) is 38.3 Å². The summed E-state index contributed by atoms with van der Waals surface area (Å²) in [5.41, 5.74) is 1.31. The first-order valence-electron chi connectivity index (χ1n) is 12.3. The lowest BCUT2D eigenvalue weighted by atomic mass is 10.0. The summed E-state index contributed by atoms with van der Waals surface area (Å²) in [6.45, 7) is 5.07. The second-order valence-corrected chi connectivity index (χ2v) is 8.26. The fourth-order valence-electron chi connectivity index (χ4n) is 3.67. The van der Waals surface area contributed by atoms with Gasteiger partial charge in [0.25, 0.3) is 0 Å².